The van der Waals surface area contributed by atoms with Gasteiger partial charge in [-0.15, -0.1) is 0 Å². The first-order valence-electron chi connectivity index (χ1n) is 12.5. The van der Waals surface area contributed by atoms with E-state index in [0.29, 0.717) is 26.3 Å². The van der Waals surface area contributed by atoms with Crippen molar-refractivity contribution in [2.24, 2.45) is 0 Å². The largest absolute Gasteiger partial charge is 0.467 e. The molecule has 0 amide bonds. The third-order valence-electron chi connectivity index (χ3n) is 6.27. The molecule has 1 N–H and O–H groups in total. The van der Waals surface area contributed by atoms with Gasteiger partial charge in [-0.2, -0.15) is 0 Å². The van der Waals surface area contributed by atoms with Crippen molar-refractivity contribution in [1.29, 1.82) is 0 Å². The van der Waals surface area contributed by atoms with Crippen LogP contribution in [-0.4, -0.2) is 67.8 Å². The summed E-state index contributed by atoms with van der Waals surface area (Å²) in [5.41, 5.74) is 2.97. The van der Waals surface area contributed by atoms with E-state index in [9.17, 15) is 5.11 Å². The number of methoxy groups -OCH3 is 1. The molecule has 8 nitrogen and oxygen atoms in total. The Bertz CT molecular complexity index is 970. The highest BCUT2D eigenvalue weighted by Crippen LogP contribution is 2.34. The molecular weight excluding hydrogens is 446 g/mol. The predicted molar refractivity (Wildman–Crippen MR) is 134 cm³/mol. The van der Waals surface area contributed by atoms with Crippen LogP contribution in [0.3, 0.4) is 0 Å². The number of aliphatic hydroxyl groups excluding tert-OH is 1. The summed E-state index contributed by atoms with van der Waals surface area (Å²) in [4.78, 5) is 4.56. The number of nitrogens with zero attached hydrogens (tertiary/aromatic N) is 3. The van der Waals surface area contributed by atoms with Crippen molar-refractivity contribution in [3.05, 3.63) is 60.1 Å². The summed E-state index contributed by atoms with van der Waals surface area (Å²) in [6.07, 6.45) is 5.41. The molecule has 190 valence electrons. The summed E-state index contributed by atoms with van der Waals surface area (Å²) in [7, 11) is 1.71. The first-order chi connectivity index (χ1) is 17.2. The van der Waals surface area contributed by atoms with Gasteiger partial charge in [0.2, 0.25) is 5.88 Å². The lowest BCUT2D eigenvalue weighted by molar-refractivity contribution is 0.00283. The van der Waals surface area contributed by atoms with Crippen LogP contribution in [0, 0.1) is 0 Å². The van der Waals surface area contributed by atoms with E-state index < -0.39 is 6.10 Å². The van der Waals surface area contributed by atoms with Gasteiger partial charge in [0.05, 0.1) is 24.5 Å². The molecule has 0 saturated carbocycles. The number of anilines is 1. The summed E-state index contributed by atoms with van der Waals surface area (Å²) < 4.78 is 22.2. The average Bonchev–Trinajstić information content (AvgIpc) is 3.55. The highest BCUT2D eigenvalue weighted by molar-refractivity contribution is 5.68. The van der Waals surface area contributed by atoms with Gasteiger partial charge in [0.1, 0.15) is 18.1 Å². The van der Waals surface area contributed by atoms with Crippen molar-refractivity contribution in [1.82, 2.24) is 10.1 Å². The first-order valence-corrected chi connectivity index (χ1v) is 12.5. The minimum Gasteiger partial charge on any atom is -0.467 e. The average molecular weight is 484 g/mol. The normalized spacial score (nSPS) is 15.1. The Morgan fingerprint density at radius 3 is 2.69 bits per heavy atom. The van der Waals surface area contributed by atoms with Crippen molar-refractivity contribution >= 4 is 5.88 Å². The molecule has 1 aliphatic rings. The first kappa shape index (κ1) is 25.4. The Morgan fingerprint density at radius 2 is 1.94 bits per heavy atom. The second kappa shape index (κ2) is 13.4. The molecule has 1 saturated heterocycles. The summed E-state index contributed by atoms with van der Waals surface area (Å²) in [6, 6.07) is 13.9. The van der Waals surface area contributed by atoms with Crippen LogP contribution in [0.25, 0.3) is 11.3 Å². The Balaban J connectivity index is 1.49. The van der Waals surface area contributed by atoms with E-state index in [1.165, 1.54) is 6.42 Å². The Morgan fingerprint density at radius 1 is 1.11 bits per heavy atom. The van der Waals surface area contributed by atoms with Crippen LogP contribution in [0.15, 0.2) is 57.7 Å². The van der Waals surface area contributed by atoms with Crippen LogP contribution >= 0.6 is 0 Å². The van der Waals surface area contributed by atoms with Crippen molar-refractivity contribution in [3.63, 3.8) is 0 Å². The molecule has 0 bridgehead atoms. The molecule has 1 aliphatic heterocycles. The summed E-state index contributed by atoms with van der Waals surface area (Å²) in [6.45, 7) is 5.07. The smallest absolute Gasteiger partial charge is 0.232 e. The Labute approximate surface area is 207 Å². The van der Waals surface area contributed by atoms with Gasteiger partial charge >= 0.3 is 0 Å². The maximum Gasteiger partial charge on any atom is 0.232 e. The topological polar surface area (TPSA) is 84.3 Å². The molecular formula is C27H37N3O5. The molecule has 0 unspecified atom stereocenters. The monoisotopic (exact) mass is 483 g/mol. The number of piperidine rings is 1. The third kappa shape index (κ3) is 7.41. The van der Waals surface area contributed by atoms with Crippen molar-refractivity contribution in [2.45, 2.75) is 44.9 Å². The maximum absolute atomic E-state index is 10.8. The summed E-state index contributed by atoms with van der Waals surface area (Å²) in [5.74, 6) is 1.60. The van der Waals surface area contributed by atoms with E-state index in [0.717, 1.165) is 67.4 Å². The fourth-order valence-electron chi connectivity index (χ4n) is 4.54. The van der Waals surface area contributed by atoms with Gasteiger partial charge in [-0.25, -0.2) is 0 Å². The van der Waals surface area contributed by atoms with Crippen molar-refractivity contribution < 1.29 is 23.5 Å². The molecule has 0 spiro atoms. The van der Waals surface area contributed by atoms with Gasteiger partial charge in [-0.3, -0.25) is 4.90 Å². The highest BCUT2D eigenvalue weighted by atomic mass is 16.5. The van der Waals surface area contributed by atoms with Gasteiger partial charge in [-0.1, -0.05) is 35.5 Å². The second-order valence-electron chi connectivity index (χ2n) is 9.06. The van der Waals surface area contributed by atoms with Crippen LogP contribution < -0.4 is 4.90 Å². The van der Waals surface area contributed by atoms with E-state index in [2.05, 4.69) is 27.1 Å². The zero-order valence-corrected chi connectivity index (χ0v) is 20.6. The second-order valence-corrected chi connectivity index (χ2v) is 9.06. The molecule has 3 aromatic rings. The number of furan rings is 1. The number of hydrogen-bond donors (Lipinski definition) is 1. The summed E-state index contributed by atoms with van der Waals surface area (Å²) >= 11 is 0. The molecule has 8 heteroatoms. The van der Waals surface area contributed by atoms with Crippen molar-refractivity contribution in [2.75, 3.05) is 51.4 Å². The molecule has 35 heavy (non-hydrogen) atoms. The van der Waals surface area contributed by atoms with Gasteiger partial charge in [0.25, 0.3) is 0 Å². The molecule has 0 aliphatic carbocycles. The number of aromatic nitrogens is 1. The van der Waals surface area contributed by atoms with Gasteiger partial charge in [0, 0.05) is 52.0 Å². The number of rotatable bonds is 14. The number of aliphatic hydroxyl groups is 1. The van der Waals surface area contributed by atoms with E-state index >= 15 is 0 Å². The van der Waals surface area contributed by atoms with E-state index in [-0.39, 0.29) is 6.61 Å². The van der Waals surface area contributed by atoms with Crippen LogP contribution in [0.1, 0.15) is 37.0 Å². The van der Waals surface area contributed by atoms with Gasteiger partial charge in [0.15, 0.2) is 0 Å². The minimum absolute atomic E-state index is 0.232. The fraction of sp³-hybridized carbons (Fsp3) is 0.519. The van der Waals surface area contributed by atoms with Crippen molar-refractivity contribution in [3.8, 4) is 11.3 Å². The summed E-state index contributed by atoms with van der Waals surface area (Å²) in [5, 5.41) is 15.3. The Kier molecular flexibility index (Phi) is 9.77. The zero-order valence-electron chi connectivity index (χ0n) is 20.6. The van der Waals surface area contributed by atoms with Crippen LogP contribution in [0.4, 0.5) is 5.88 Å². The number of ether oxygens (including phenoxy) is 2. The van der Waals surface area contributed by atoms with Gasteiger partial charge < -0.3 is 28.4 Å². The molecule has 1 aromatic carbocycles. The lowest BCUT2D eigenvalue weighted by Gasteiger charge is -2.29. The number of hydrogen-bond acceptors (Lipinski definition) is 8. The lowest BCUT2D eigenvalue weighted by Crippen LogP contribution is -2.36. The maximum atomic E-state index is 10.8. The third-order valence-corrected chi connectivity index (χ3v) is 6.27. The standard InChI is InChI=1S/C27H37N3O5/c1-32-16-9-13-29(18-23(31)20-33-21-24-12-8-17-34-24)19-25-26(22-10-4-2-5-11-22)28-35-27(25)30-14-6-3-7-15-30/h2,4-5,8,10-12,17,23,31H,3,6-7,9,13-16,18-21H2,1H3/t23-/m0/s1. The van der Waals surface area contributed by atoms with E-state index in [1.54, 1.807) is 13.4 Å². The molecule has 1 fully saturated rings. The molecule has 2 aromatic heterocycles. The highest BCUT2D eigenvalue weighted by Gasteiger charge is 2.26. The Hall–Kier alpha value is -2.65. The van der Waals surface area contributed by atoms with E-state index in [1.807, 2.05) is 30.3 Å². The molecule has 3 heterocycles. The SMILES string of the molecule is COCCCN(Cc1c(-c2ccccc2)noc1N1CCCCC1)C[C@H](O)COCc1ccco1. The van der Waals surface area contributed by atoms with Crippen LogP contribution in [-0.2, 0) is 22.6 Å². The zero-order chi connectivity index (χ0) is 24.3. The van der Waals surface area contributed by atoms with Crippen LogP contribution in [0.5, 0.6) is 0 Å². The number of benzene rings is 1. The molecule has 0 radical (unpaired) electrons. The van der Waals surface area contributed by atoms with E-state index in [4.69, 9.17) is 18.4 Å². The van der Waals surface area contributed by atoms with Gasteiger partial charge in [-0.05, 0) is 37.8 Å². The quantitative estimate of drug-likeness (QED) is 0.339. The fourth-order valence-corrected chi connectivity index (χ4v) is 4.54. The lowest BCUT2D eigenvalue weighted by atomic mass is 10.1. The molecule has 4 rings (SSSR count). The minimum atomic E-state index is -0.633. The molecule has 1 atom stereocenters. The van der Waals surface area contributed by atoms with Crippen LogP contribution in [0.2, 0.25) is 0 Å². The predicted octanol–water partition coefficient (Wildman–Crippen LogP) is 4.34.